The highest BCUT2D eigenvalue weighted by molar-refractivity contribution is 7.63. The zero-order valence-corrected chi connectivity index (χ0v) is 13.1. The third kappa shape index (κ3) is 3.74. The van der Waals surface area contributed by atoms with Crippen LogP contribution >= 0.6 is 7.60 Å². The number of benzene rings is 3. The summed E-state index contributed by atoms with van der Waals surface area (Å²) in [6, 6.07) is 23.7. The van der Waals surface area contributed by atoms with Crippen LogP contribution in [0.5, 0.6) is 17.2 Å². The maximum atomic E-state index is 13.3. The fourth-order valence-corrected chi connectivity index (χ4v) is 3.58. The Kier molecular flexibility index (Phi) is 4.35. The second-order valence-corrected chi connectivity index (χ2v) is 6.70. The molecule has 0 fully saturated rings. The fraction of sp³-hybridized carbons (Fsp3) is 0. The van der Waals surface area contributed by atoms with Crippen LogP contribution in [0.2, 0.25) is 0 Å². The molecule has 0 aliphatic heterocycles. The molecule has 0 saturated heterocycles. The van der Waals surface area contributed by atoms with Gasteiger partial charge in [-0.2, -0.15) is 0 Å². The second-order valence-electron chi connectivity index (χ2n) is 4.82. The predicted molar refractivity (Wildman–Crippen MR) is 89.5 cm³/mol. The molecule has 0 heterocycles. The Morgan fingerprint density at radius 2 is 1.13 bits per heavy atom. The van der Waals surface area contributed by atoms with E-state index in [1.165, 1.54) is 12.1 Å². The van der Waals surface area contributed by atoms with Crippen LogP contribution in [0.1, 0.15) is 0 Å². The molecule has 3 aromatic rings. The van der Waals surface area contributed by atoms with E-state index in [0.29, 0.717) is 16.8 Å². The lowest BCUT2D eigenvalue weighted by molar-refractivity contribution is 0.398. The van der Waals surface area contributed by atoms with E-state index < -0.39 is 7.60 Å². The molecule has 4 nitrogen and oxygen atoms in total. The van der Waals surface area contributed by atoms with Crippen molar-refractivity contribution < 1.29 is 18.7 Å². The molecule has 5 heteroatoms. The lowest BCUT2D eigenvalue weighted by atomic mass is 10.3. The Morgan fingerprint density at radius 1 is 0.652 bits per heavy atom. The summed E-state index contributed by atoms with van der Waals surface area (Å²) in [5, 5.41) is 9.81. The van der Waals surface area contributed by atoms with Gasteiger partial charge in [0.15, 0.2) is 0 Å². The van der Waals surface area contributed by atoms with Gasteiger partial charge in [0.2, 0.25) is 0 Å². The first-order valence-corrected chi connectivity index (χ1v) is 8.59. The number of hydrogen-bond donors (Lipinski definition) is 1. The van der Waals surface area contributed by atoms with Crippen LogP contribution in [0, 0.1) is 0 Å². The first-order valence-electron chi connectivity index (χ1n) is 7.05. The van der Waals surface area contributed by atoms with Gasteiger partial charge in [0.05, 0.1) is 5.30 Å². The summed E-state index contributed by atoms with van der Waals surface area (Å²) >= 11 is 0. The number of phenols is 1. The maximum absolute atomic E-state index is 13.3. The Labute approximate surface area is 134 Å². The van der Waals surface area contributed by atoms with E-state index in [4.69, 9.17) is 9.05 Å². The Hall–Kier alpha value is -2.71. The van der Waals surface area contributed by atoms with Crippen molar-refractivity contribution in [3.8, 4) is 17.2 Å². The molecular weight excluding hydrogens is 311 g/mol. The zero-order chi connectivity index (χ0) is 16.1. The fourth-order valence-electron chi connectivity index (χ4n) is 2.00. The van der Waals surface area contributed by atoms with Crippen LogP contribution < -0.4 is 14.4 Å². The molecule has 23 heavy (non-hydrogen) atoms. The Balaban J connectivity index is 1.96. The lowest BCUT2D eigenvalue weighted by Crippen LogP contribution is -2.14. The van der Waals surface area contributed by atoms with E-state index >= 15 is 0 Å². The Morgan fingerprint density at radius 3 is 1.70 bits per heavy atom. The van der Waals surface area contributed by atoms with E-state index in [2.05, 4.69) is 0 Å². The van der Waals surface area contributed by atoms with E-state index in [-0.39, 0.29) is 5.75 Å². The molecule has 116 valence electrons. The third-order valence-electron chi connectivity index (χ3n) is 3.10. The predicted octanol–water partition coefficient (Wildman–Crippen LogP) is 4.37. The summed E-state index contributed by atoms with van der Waals surface area (Å²) in [7, 11) is -3.61. The first kappa shape index (κ1) is 15.2. The molecule has 0 amide bonds. The van der Waals surface area contributed by atoms with Gasteiger partial charge in [-0.15, -0.1) is 0 Å². The average molecular weight is 326 g/mol. The van der Waals surface area contributed by atoms with E-state index in [0.717, 1.165) is 0 Å². The van der Waals surface area contributed by atoms with Gasteiger partial charge in [0, 0.05) is 0 Å². The molecular formula is C18H15O4P. The number of hydrogen-bond acceptors (Lipinski definition) is 4. The summed E-state index contributed by atoms with van der Waals surface area (Å²) in [5.41, 5.74) is 0. The quantitative estimate of drug-likeness (QED) is 0.708. The molecule has 0 aromatic heterocycles. The van der Waals surface area contributed by atoms with Gasteiger partial charge in [0.25, 0.3) is 0 Å². The van der Waals surface area contributed by atoms with Crippen molar-refractivity contribution in [2.75, 3.05) is 0 Å². The summed E-state index contributed by atoms with van der Waals surface area (Å²) in [5.74, 6) is 0.917. The summed E-state index contributed by atoms with van der Waals surface area (Å²) < 4.78 is 24.7. The van der Waals surface area contributed by atoms with Crippen LogP contribution in [0.4, 0.5) is 0 Å². The first-order chi connectivity index (χ1) is 11.2. The SMILES string of the molecule is O=P(Oc1ccccc1)(Oc1ccc(O)cc1)c1ccccc1. The lowest BCUT2D eigenvalue weighted by Gasteiger charge is -2.20. The van der Waals surface area contributed by atoms with Gasteiger partial charge in [-0.3, -0.25) is 0 Å². The minimum absolute atomic E-state index is 0.107. The molecule has 1 atom stereocenters. The van der Waals surface area contributed by atoms with Crippen molar-refractivity contribution >= 4 is 12.9 Å². The summed E-state index contributed by atoms with van der Waals surface area (Å²) in [4.78, 5) is 0. The van der Waals surface area contributed by atoms with E-state index in [1.54, 1.807) is 60.7 Å². The van der Waals surface area contributed by atoms with E-state index in [9.17, 15) is 9.67 Å². The molecule has 0 radical (unpaired) electrons. The number of aromatic hydroxyl groups is 1. The largest absolute Gasteiger partial charge is 0.508 e. The number of rotatable bonds is 5. The van der Waals surface area contributed by atoms with Crippen LogP contribution in [0.3, 0.4) is 0 Å². The number of para-hydroxylation sites is 1. The highest BCUT2D eigenvalue weighted by Crippen LogP contribution is 2.47. The summed E-state index contributed by atoms with van der Waals surface area (Å²) in [6.07, 6.45) is 0. The topological polar surface area (TPSA) is 55.8 Å². The third-order valence-corrected chi connectivity index (χ3v) is 4.94. The van der Waals surface area contributed by atoms with Crippen molar-refractivity contribution in [3.05, 3.63) is 84.9 Å². The van der Waals surface area contributed by atoms with Crippen molar-refractivity contribution in [1.82, 2.24) is 0 Å². The van der Waals surface area contributed by atoms with Crippen molar-refractivity contribution in [2.24, 2.45) is 0 Å². The van der Waals surface area contributed by atoms with Crippen molar-refractivity contribution in [2.45, 2.75) is 0 Å². The molecule has 1 unspecified atom stereocenters. The monoisotopic (exact) mass is 326 g/mol. The molecule has 3 rings (SSSR count). The standard InChI is InChI=1S/C18H15O4P/c19-15-11-13-17(14-12-15)22-23(20,18-9-5-2-6-10-18)21-16-7-3-1-4-8-16/h1-14,19H. The van der Waals surface area contributed by atoms with Crippen LogP contribution in [0.25, 0.3) is 0 Å². The molecule has 0 bridgehead atoms. The molecule has 0 spiro atoms. The minimum Gasteiger partial charge on any atom is -0.508 e. The molecule has 0 aliphatic rings. The van der Waals surface area contributed by atoms with Crippen LogP contribution in [-0.2, 0) is 4.57 Å². The normalized spacial score (nSPS) is 13.0. The van der Waals surface area contributed by atoms with Gasteiger partial charge in [0.1, 0.15) is 17.2 Å². The van der Waals surface area contributed by atoms with E-state index in [1.807, 2.05) is 12.1 Å². The van der Waals surface area contributed by atoms with Crippen LogP contribution in [0.15, 0.2) is 84.9 Å². The highest BCUT2D eigenvalue weighted by Gasteiger charge is 2.31. The Bertz CT molecular complexity index is 801. The molecule has 0 saturated carbocycles. The van der Waals surface area contributed by atoms with Crippen molar-refractivity contribution in [3.63, 3.8) is 0 Å². The van der Waals surface area contributed by atoms with Gasteiger partial charge in [-0.25, -0.2) is 4.57 Å². The highest BCUT2D eigenvalue weighted by atomic mass is 31.2. The summed E-state index contributed by atoms with van der Waals surface area (Å²) in [6.45, 7) is 0. The maximum Gasteiger partial charge on any atom is 0.462 e. The van der Waals surface area contributed by atoms with Crippen molar-refractivity contribution in [1.29, 1.82) is 0 Å². The average Bonchev–Trinajstić information content (AvgIpc) is 2.59. The molecule has 3 aromatic carbocycles. The van der Waals surface area contributed by atoms with Gasteiger partial charge < -0.3 is 14.2 Å². The second kappa shape index (κ2) is 6.59. The zero-order valence-electron chi connectivity index (χ0n) is 12.2. The smallest absolute Gasteiger partial charge is 0.462 e. The number of phenolic OH excluding ortho intramolecular Hbond substituents is 1. The van der Waals surface area contributed by atoms with Gasteiger partial charge in [-0.05, 0) is 48.5 Å². The molecule has 1 N–H and O–H groups in total. The minimum atomic E-state index is -3.61. The van der Waals surface area contributed by atoms with Gasteiger partial charge >= 0.3 is 7.60 Å². The van der Waals surface area contributed by atoms with Crippen LogP contribution in [-0.4, -0.2) is 5.11 Å². The molecule has 0 aliphatic carbocycles. The van der Waals surface area contributed by atoms with Gasteiger partial charge in [-0.1, -0.05) is 36.4 Å².